The normalized spacial score (nSPS) is 10.1. The molecule has 5 nitrogen and oxygen atoms in total. The molecule has 0 saturated heterocycles. The Balaban J connectivity index is 2.20. The van der Waals surface area contributed by atoms with Gasteiger partial charge in [0.1, 0.15) is 5.75 Å². The second-order valence-electron chi connectivity index (χ2n) is 3.36. The van der Waals surface area contributed by atoms with Crippen LogP contribution in [-0.2, 0) is 0 Å². The minimum absolute atomic E-state index is 0.262. The summed E-state index contributed by atoms with van der Waals surface area (Å²) >= 11 is 0. The van der Waals surface area contributed by atoms with Crippen LogP contribution < -0.4 is 16.2 Å². The van der Waals surface area contributed by atoms with E-state index >= 15 is 0 Å². The molecule has 0 fully saturated rings. The number of aryl methyl sites for hydroxylation is 1. The van der Waals surface area contributed by atoms with E-state index < -0.39 is 0 Å². The second-order valence-corrected chi connectivity index (χ2v) is 3.36. The third-order valence-corrected chi connectivity index (χ3v) is 2.04. The molecule has 2 aromatic heterocycles. The molecule has 0 unspecified atom stereocenters. The number of hydrogen-bond acceptors (Lipinski definition) is 5. The Morgan fingerprint density at radius 3 is 2.56 bits per heavy atom. The molecule has 2 heterocycles. The Bertz CT molecular complexity index is 496. The summed E-state index contributed by atoms with van der Waals surface area (Å²) in [6.07, 6.45) is 1.63. The van der Waals surface area contributed by atoms with Crippen LogP contribution in [0.25, 0.3) is 0 Å². The van der Waals surface area contributed by atoms with Crippen LogP contribution in [0.1, 0.15) is 5.69 Å². The third kappa shape index (κ3) is 2.20. The minimum atomic E-state index is 0.262. The first-order valence-corrected chi connectivity index (χ1v) is 4.77. The average molecular weight is 216 g/mol. The molecule has 0 spiro atoms. The summed E-state index contributed by atoms with van der Waals surface area (Å²) in [4.78, 5) is 8.10. The first-order chi connectivity index (χ1) is 7.65. The van der Waals surface area contributed by atoms with Gasteiger partial charge in [0, 0.05) is 11.8 Å². The quantitative estimate of drug-likeness (QED) is 0.798. The Hall–Kier alpha value is -2.30. The van der Waals surface area contributed by atoms with E-state index in [1.807, 2.05) is 19.1 Å². The molecule has 0 radical (unpaired) electrons. The van der Waals surface area contributed by atoms with Crippen LogP contribution in [-0.4, -0.2) is 9.97 Å². The van der Waals surface area contributed by atoms with Crippen molar-refractivity contribution < 1.29 is 4.74 Å². The van der Waals surface area contributed by atoms with E-state index in [2.05, 4.69) is 9.97 Å². The zero-order chi connectivity index (χ0) is 11.5. The van der Waals surface area contributed by atoms with Gasteiger partial charge in [-0.05, 0) is 25.1 Å². The average Bonchev–Trinajstić information content (AvgIpc) is 2.27. The highest BCUT2D eigenvalue weighted by molar-refractivity contribution is 5.58. The van der Waals surface area contributed by atoms with Crippen LogP contribution in [0.2, 0.25) is 0 Å². The van der Waals surface area contributed by atoms with E-state index in [-0.39, 0.29) is 5.82 Å². The molecule has 0 aliphatic rings. The highest BCUT2D eigenvalue weighted by Gasteiger charge is 2.01. The first-order valence-electron chi connectivity index (χ1n) is 4.77. The van der Waals surface area contributed by atoms with Crippen molar-refractivity contribution in [2.45, 2.75) is 6.92 Å². The topological polar surface area (TPSA) is 87.0 Å². The summed E-state index contributed by atoms with van der Waals surface area (Å²) in [5.74, 6) is 1.28. The lowest BCUT2D eigenvalue weighted by Crippen LogP contribution is -1.99. The first kappa shape index (κ1) is 10.2. The molecule has 82 valence electrons. The van der Waals surface area contributed by atoms with Crippen molar-refractivity contribution in [3.63, 3.8) is 0 Å². The number of aromatic nitrogens is 2. The van der Waals surface area contributed by atoms with Crippen molar-refractivity contribution >= 4 is 11.5 Å². The van der Waals surface area contributed by atoms with Gasteiger partial charge in [-0.1, -0.05) is 0 Å². The van der Waals surface area contributed by atoms with Crippen LogP contribution in [0.5, 0.6) is 11.6 Å². The Labute approximate surface area is 93.1 Å². The van der Waals surface area contributed by atoms with Gasteiger partial charge in [-0.15, -0.1) is 0 Å². The molecule has 0 bridgehead atoms. The van der Waals surface area contributed by atoms with Crippen molar-refractivity contribution in [1.82, 2.24) is 9.97 Å². The number of nitrogens with two attached hydrogens (primary N) is 2. The Kier molecular flexibility index (Phi) is 2.59. The molecular weight excluding hydrogens is 204 g/mol. The smallest absolute Gasteiger partial charge is 0.221 e. The van der Waals surface area contributed by atoms with E-state index in [0.717, 1.165) is 5.69 Å². The maximum Gasteiger partial charge on any atom is 0.221 e. The lowest BCUT2D eigenvalue weighted by atomic mass is 10.3. The Morgan fingerprint density at radius 2 is 1.94 bits per heavy atom. The Morgan fingerprint density at radius 1 is 1.12 bits per heavy atom. The monoisotopic (exact) mass is 216 g/mol. The van der Waals surface area contributed by atoms with Crippen LogP contribution in [0.15, 0.2) is 30.5 Å². The van der Waals surface area contributed by atoms with Gasteiger partial charge >= 0.3 is 0 Å². The standard InChI is InChI=1S/C11H12N4O/c1-7-2-3-8(6-14-7)16-10-5-4-9(12)11(13)15-10/h2-6H,12H2,1H3,(H2,13,15). The SMILES string of the molecule is Cc1ccc(Oc2ccc(N)c(N)n2)cn1. The van der Waals surface area contributed by atoms with E-state index in [4.69, 9.17) is 16.2 Å². The lowest BCUT2D eigenvalue weighted by molar-refractivity contribution is 0.461. The summed E-state index contributed by atoms with van der Waals surface area (Å²) in [7, 11) is 0. The van der Waals surface area contributed by atoms with E-state index in [1.165, 1.54) is 0 Å². The molecule has 0 atom stereocenters. The molecule has 16 heavy (non-hydrogen) atoms. The maximum absolute atomic E-state index is 5.57. The number of anilines is 2. The number of ether oxygens (including phenoxy) is 1. The molecule has 0 saturated carbocycles. The van der Waals surface area contributed by atoms with Crippen LogP contribution in [0.4, 0.5) is 11.5 Å². The number of nitrogen functional groups attached to an aromatic ring is 2. The van der Waals surface area contributed by atoms with Crippen molar-refractivity contribution in [2.75, 3.05) is 11.5 Å². The van der Waals surface area contributed by atoms with Crippen molar-refractivity contribution in [2.24, 2.45) is 0 Å². The minimum Gasteiger partial charge on any atom is -0.437 e. The second kappa shape index (κ2) is 4.06. The third-order valence-electron chi connectivity index (χ3n) is 2.04. The summed E-state index contributed by atoms with van der Waals surface area (Å²) in [5, 5.41) is 0. The molecule has 4 N–H and O–H groups in total. The van der Waals surface area contributed by atoms with Crippen molar-refractivity contribution in [3.05, 3.63) is 36.2 Å². The molecule has 0 aromatic carbocycles. The van der Waals surface area contributed by atoms with Crippen molar-refractivity contribution in [3.8, 4) is 11.6 Å². The van der Waals surface area contributed by atoms with Gasteiger partial charge in [-0.2, -0.15) is 4.98 Å². The van der Waals surface area contributed by atoms with Gasteiger partial charge in [0.15, 0.2) is 5.82 Å². The fraction of sp³-hybridized carbons (Fsp3) is 0.0909. The van der Waals surface area contributed by atoms with E-state index in [1.54, 1.807) is 18.3 Å². The van der Waals surface area contributed by atoms with Crippen LogP contribution >= 0.6 is 0 Å². The van der Waals surface area contributed by atoms with Gasteiger partial charge in [-0.3, -0.25) is 4.98 Å². The zero-order valence-electron chi connectivity index (χ0n) is 8.84. The zero-order valence-corrected chi connectivity index (χ0v) is 8.84. The molecular formula is C11H12N4O. The van der Waals surface area contributed by atoms with Crippen LogP contribution in [0, 0.1) is 6.92 Å². The van der Waals surface area contributed by atoms with E-state index in [0.29, 0.717) is 17.3 Å². The maximum atomic E-state index is 5.57. The number of nitrogens with zero attached hydrogens (tertiary/aromatic N) is 2. The highest BCUT2D eigenvalue weighted by Crippen LogP contribution is 2.22. The number of hydrogen-bond donors (Lipinski definition) is 2. The molecule has 0 aliphatic carbocycles. The summed E-state index contributed by atoms with van der Waals surface area (Å²) < 4.78 is 5.46. The molecule has 0 aliphatic heterocycles. The van der Waals surface area contributed by atoms with Crippen molar-refractivity contribution in [1.29, 1.82) is 0 Å². The molecule has 0 amide bonds. The van der Waals surface area contributed by atoms with Crippen LogP contribution in [0.3, 0.4) is 0 Å². The fourth-order valence-electron chi connectivity index (χ4n) is 1.16. The summed E-state index contributed by atoms with van der Waals surface area (Å²) in [6, 6.07) is 6.98. The number of rotatable bonds is 2. The van der Waals surface area contributed by atoms with Gasteiger partial charge in [0.2, 0.25) is 5.88 Å². The predicted molar refractivity (Wildman–Crippen MR) is 62.1 cm³/mol. The highest BCUT2D eigenvalue weighted by atomic mass is 16.5. The molecule has 2 rings (SSSR count). The predicted octanol–water partition coefficient (Wildman–Crippen LogP) is 1.74. The molecule has 2 aromatic rings. The van der Waals surface area contributed by atoms with Gasteiger partial charge in [0.25, 0.3) is 0 Å². The van der Waals surface area contributed by atoms with Gasteiger partial charge in [0.05, 0.1) is 11.9 Å². The van der Waals surface area contributed by atoms with Gasteiger partial charge < -0.3 is 16.2 Å². The van der Waals surface area contributed by atoms with E-state index in [9.17, 15) is 0 Å². The number of pyridine rings is 2. The fourth-order valence-corrected chi connectivity index (χ4v) is 1.16. The largest absolute Gasteiger partial charge is 0.437 e. The molecule has 5 heteroatoms. The van der Waals surface area contributed by atoms with Gasteiger partial charge in [-0.25, -0.2) is 0 Å². The summed E-state index contributed by atoms with van der Waals surface area (Å²) in [5.41, 5.74) is 12.5. The summed E-state index contributed by atoms with van der Waals surface area (Å²) in [6.45, 7) is 1.91. The lowest BCUT2D eigenvalue weighted by Gasteiger charge is -2.06.